The molecule has 2 atom stereocenters. The van der Waals surface area contributed by atoms with Gasteiger partial charge in [0, 0.05) is 12.8 Å². The quantitative estimate of drug-likeness (QED) is 0.0188. The predicted molar refractivity (Wildman–Crippen MR) is 226 cm³/mol. The molecule has 0 unspecified atom stereocenters. The summed E-state index contributed by atoms with van der Waals surface area (Å²) in [5.74, 6) is -1.10. The number of esters is 2. The minimum atomic E-state index is -4.81. The van der Waals surface area contributed by atoms with E-state index in [1.807, 2.05) is 48.6 Å². The number of hydrogen-bond donors (Lipinski definition) is 3. The number of unbranched alkanes of at least 4 members (excludes halogenated alkanes) is 7. The summed E-state index contributed by atoms with van der Waals surface area (Å²) in [6, 6.07) is 0. The van der Waals surface area contributed by atoms with Crippen LogP contribution in [0.1, 0.15) is 136 Å². The summed E-state index contributed by atoms with van der Waals surface area (Å²) >= 11 is 0. The first kappa shape index (κ1) is 51.7. The molecule has 0 rings (SSSR count). The van der Waals surface area contributed by atoms with Gasteiger partial charge >= 0.3 is 19.8 Å². The van der Waals surface area contributed by atoms with E-state index in [9.17, 15) is 19.3 Å². The zero-order valence-corrected chi connectivity index (χ0v) is 34.5. The Balaban J connectivity index is 4.25. The Morgan fingerprint density at radius 1 is 0.564 bits per heavy atom. The van der Waals surface area contributed by atoms with Crippen LogP contribution in [-0.4, -0.2) is 52.3 Å². The molecule has 0 saturated carbocycles. The van der Waals surface area contributed by atoms with Crippen LogP contribution in [0.3, 0.4) is 0 Å². The van der Waals surface area contributed by atoms with Crippen molar-refractivity contribution in [3.8, 4) is 0 Å². The van der Waals surface area contributed by atoms with Gasteiger partial charge in [-0.3, -0.25) is 14.1 Å². The first-order valence-corrected chi connectivity index (χ1v) is 21.8. The van der Waals surface area contributed by atoms with Gasteiger partial charge in [0.2, 0.25) is 0 Å². The van der Waals surface area contributed by atoms with Crippen LogP contribution >= 0.6 is 7.82 Å². The Labute approximate surface area is 332 Å². The fourth-order valence-corrected chi connectivity index (χ4v) is 5.14. The molecule has 0 radical (unpaired) electrons. The molecule has 0 amide bonds. The molecular weight excluding hydrogens is 715 g/mol. The van der Waals surface area contributed by atoms with Crippen molar-refractivity contribution in [2.75, 3.05) is 13.2 Å². The van der Waals surface area contributed by atoms with E-state index in [0.717, 1.165) is 32.1 Å². The standard InChI is InChI=1S/C45H71O9P/c1-3-5-7-9-11-12-13-14-15-16-17-18-19-20-21-22-26-31-35-39-45(48)54-43(41-53-55(49,50)51)40-52-44(47)38-34-30-27-23-25-29-33-37-42(46)36-32-28-24-10-8-6-4-2/h11-12,14-15,17-18,20-21,23-24,26-29,31-33,36,42-43,46H,3-10,13,16,19,22,25,30,34-35,37-41H2,1-2H3,(H2,49,50,51)/b12-11-,15-14-,18-17-,21-20-,27-23+,28-24-,31-26-,33-29-,36-32-/t42-,43-/m1/s1. The second-order valence-corrected chi connectivity index (χ2v) is 14.3. The lowest BCUT2D eigenvalue weighted by molar-refractivity contribution is -0.161. The maximum Gasteiger partial charge on any atom is 0.469 e. The fraction of sp³-hybridized carbons (Fsp3) is 0.556. The van der Waals surface area contributed by atoms with Gasteiger partial charge in [0.25, 0.3) is 0 Å². The van der Waals surface area contributed by atoms with Crippen LogP contribution in [0.15, 0.2) is 109 Å². The number of phosphoric acid groups is 1. The second kappa shape index (κ2) is 38.9. The van der Waals surface area contributed by atoms with Crippen LogP contribution < -0.4 is 0 Å². The van der Waals surface area contributed by atoms with E-state index in [4.69, 9.17) is 19.3 Å². The molecule has 0 spiro atoms. The summed E-state index contributed by atoms with van der Waals surface area (Å²) in [5, 5.41) is 10.0. The zero-order chi connectivity index (χ0) is 40.5. The van der Waals surface area contributed by atoms with E-state index in [1.165, 1.54) is 44.9 Å². The molecule has 310 valence electrons. The number of carbonyl (C=O) groups excluding carboxylic acids is 2. The third kappa shape index (κ3) is 41.7. The molecule has 0 aromatic heterocycles. The summed E-state index contributed by atoms with van der Waals surface area (Å²) in [5.41, 5.74) is 0. The molecule has 0 fully saturated rings. The van der Waals surface area contributed by atoms with Crippen molar-refractivity contribution in [1.29, 1.82) is 0 Å². The van der Waals surface area contributed by atoms with Crippen molar-refractivity contribution in [2.45, 2.75) is 148 Å². The number of phosphoric ester groups is 1. The Morgan fingerprint density at radius 3 is 1.60 bits per heavy atom. The normalized spacial score (nSPS) is 14.2. The molecule has 0 bridgehead atoms. The van der Waals surface area contributed by atoms with Crippen LogP contribution in [0, 0.1) is 0 Å². The van der Waals surface area contributed by atoms with Crippen molar-refractivity contribution in [2.24, 2.45) is 0 Å². The first-order chi connectivity index (χ1) is 26.7. The van der Waals surface area contributed by atoms with Gasteiger partial charge in [-0.15, -0.1) is 0 Å². The SMILES string of the molecule is CCCCC/C=C\C=C/[C@@H](O)C/C=C\C/C=C/CCCC(=O)OC[C@H](COP(=O)(O)O)OC(=O)CC/C=C\C/C=C\C/C=C\C/C=C\C/C=C\CCCCC. The van der Waals surface area contributed by atoms with Crippen molar-refractivity contribution in [1.82, 2.24) is 0 Å². The van der Waals surface area contributed by atoms with Crippen molar-refractivity contribution in [3.63, 3.8) is 0 Å². The van der Waals surface area contributed by atoms with Crippen molar-refractivity contribution in [3.05, 3.63) is 109 Å². The van der Waals surface area contributed by atoms with Crippen molar-refractivity contribution >= 4 is 19.8 Å². The molecule has 9 nitrogen and oxygen atoms in total. The lowest BCUT2D eigenvalue weighted by Gasteiger charge is -2.18. The highest BCUT2D eigenvalue weighted by atomic mass is 31.2. The third-order valence-electron chi connectivity index (χ3n) is 7.86. The number of aliphatic hydroxyl groups is 1. The molecule has 55 heavy (non-hydrogen) atoms. The molecule has 0 aliphatic rings. The lowest BCUT2D eigenvalue weighted by Crippen LogP contribution is -2.29. The number of aliphatic hydroxyl groups excluding tert-OH is 1. The summed E-state index contributed by atoms with van der Waals surface area (Å²) in [6.45, 7) is 3.42. The third-order valence-corrected chi connectivity index (χ3v) is 8.34. The van der Waals surface area contributed by atoms with Gasteiger partial charge in [-0.2, -0.15) is 0 Å². The van der Waals surface area contributed by atoms with Gasteiger partial charge in [-0.1, -0.05) is 149 Å². The number of allylic oxidation sites excluding steroid dienone is 16. The van der Waals surface area contributed by atoms with Crippen LogP contribution in [-0.2, 0) is 28.2 Å². The Kier molecular flexibility index (Phi) is 36.6. The first-order valence-electron chi connectivity index (χ1n) is 20.3. The van der Waals surface area contributed by atoms with Gasteiger partial charge in [-0.25, -0.2) is 4.57 Å². The van der Waals surface area contributed by atoms with Crippen LogP contribution in [0.5, 0.6) is 0 Å². The molecule has 0 aliphatic carbocycles. The number of rotatable bonds is 35. The van der Waals surface area contributed by atoms with E-state index < -0.39 is 38.6 Å². The lowest BCUT2D eigenvalue weighted by atomic mass is 10.2. The molecule has 0 saturated heterocycles. The number of hydrogen-bond acceptors (Lipinski definition) is 7. The highest BCUT2D eigenvalue weighted by Crippen LogP contribution is 2.35. The average molecular weight is 787 g/mol. The molecule has 0 heterocycles. The monoisotopic (exact) mass is 786 g/mol. The predicted octanol–water partition coefficient (Wildman–Crippen LogP) is 11.4. The molecule has 10 heteroatoms. The molecule has 3 N–H and O–H groups in total. The summed E-state index contributed by atoms with van der Waals surface area (Å²) in [4.78, 5) is 42.7. The van der Waals surface area contributed by atoms with Crippen LogP contribution in [0.25, 0.3) is 0 Å². The largest absolute Gasteiger partial charge is 0.469 e. The number of ether oxygens (including phenoxy) is 2. The molecule has 0 aromatic rings. The second-order valence-electron chi connectivity index (χ2n) is 13.1. The van der Waals surface area contributed by atoms with Crippen molar-refractivity contribution < 1.29 is 43.0 Å². The summed E-state index contributed by atoms with van der Waals surface area (Å²) in [6.07, 6.45) is 51.3. The van der Waals surface area contributed by atoms with Gasteiger partial charge in [0.05, 0.1) is 12.7 Å². The van der Waals surface area contributed by atoms with E-state index in [1.54, 1.807) is 6.08 Å². The Bertz CT molecular complexity index is 1270. The minimum absolute atomic E-state index is 0.0570. The zero-order valence-electron chi connectivity index (χ0n) is 33.6. The maximum absolute atomic E-state index is 12.4. The minimum Gasteiger partial charge on any atom is -0.462 e. The number of carbonyl (C=O) groups is 2. The average Bonchev–Trinajstić information content (AvgIpc) is 3.15. The molecular formula is C45H71O9P. The van der Waals surface area contributed by atoms with E-state index in [2.05, 4.69) is 73.1 Å². The summed E-state index contributed by atoms with van der Waals surface area (Å²) < 4.78 is 26.2. The Morgan fingerprint density at radius 2 is 1.05 bits per heavy atom. The van der Waals surface area contributed by atoms with Gasteiger partial charge < -0.3 is 24.4 Å². The fourth-order valence-electron chi connectivity index (χ4n) is 4.78. The van der Waals surface area contributed by atoms with Crippen LogP contribution in [0.2, 0.25) is 0 Å². The highest BCUT2D eigenvalue weighted by molar-refractivity contribution is 7.46. The summed E-state index contributed by atoms with van der Waals surface area (Å²) in [7, 11) is -4.81. The van der Waals surface area contributed by atoms with E-state index in [-0.39, 0.29) is 19.4 Å². The van der Waals surface area contributed by atoms with Gasteiger partial charge in [0.1, 0.15) is 6.61 Å². The topological polar surface area (TPSA) is 140 Å². The molecule has 0 aromatic carbocycles. The van der Waals surface area contributed by atoms with E-state index >= 15 is 0 Å². The van der Waals surface area contributed by atoms with Crippen LogP contribution in [0.4, 0.5) is 0 Å². The smallest absolute Gasteiger partial charge is 0.462 e. The molecule has 0 aliphatic heterocycles. The van der Waals surface area contributed by atoms with E-state index in [0.29, 0.717) is 32.1 Å². The highest BCUT2D eigenvalue weighted by Gasteiger charge is 2.22. The van der Waals surface area contributed by atoms with Gasteiger partial charge in [-0.05, 0) is 83.5 Å². The maximum atomic E-state index is 12.4. The van der Waals surface area contributed by atoms with Gasteiger partial charge in [0.15, 0.2) is 6.10 Å². The Hall–Kier alpha value is -3.33.